The van der Waals surface area contributed by atoms with Crippen LogP contribution in [-0.2, 0) is 4.79 Å². The van der Waals surface area contributed by atoms with Crippen molar-refractivity contribution in [3.8, 4) is 0 Å². The average Bonchev–Trinajstić information content (AvgIpc) is 2.59. The molecule has 0 saturated carbocycles. The van der Waals surface area contributed by atoms with Gasteiger partial charge in [-0.2, -0.15) is 0 Å². The molecule has 0 aliphatic carbocycles. The van der Waals surface area contributed by atoms with Crippen LogP contribution in [0, 0.1) is 0 Å². The van der Waals surface area contributed by atoms with Gasteiger partial charge < -0.3 is 4.90 Å². The Morgan fingerprint density at radius 2 is 1.74 bits per heavy atom. The number of fused-ring (bicyclic) bond motifs is 1. The lowest BCUT2D eigenvalue weighted by Gasteiger charge is -2.20. The molecule has 0 saturated heterocycles. The molecule has 0 bridgehead atoms. The predicted octanol–water partition coefficient (Wildman–Crippen LogP) is 3.49. The quantitative estimate of drug-likeness (QED) is 0.790. The van der Waals surface area contributed by atoms with Gasteiger partial charge in [0.2, 0.25) is 5.91 Å². The third kappa shape index (κ3) is 2.26. The Hall–Kier alpha value is -1.74. The van der Waals surface area contributed by atoms with Gasteiger partial charge in [-0.05, 0) is 17.2 Å². The van der Waals surface area contributed by atoms with Crippen LogP contribution >= 0.6 is 11.8 Å². The zero-order valence-electron chi connectivity index (χ0n) is 10.7. The molecule has 1 atom stereocenters. The first-order chi connectivity index (χ1) is 9.27. The smallest absolute Gasteiger partial charge is 0.236 e. The van der Waals surface area contributed by atoms with Gasteiger partial charge in [-0.15, -0.1) is 11.8 Å². The molecule has 2 aromatic carbocycles. The molecule has 0 spiro atoms. The number of carbonyl (C=O) groups is 1. The molecular formula is C16H15NOS. The van der Waals surface area contributed by atoms with Crippen LogP contribution in [0.15, 0.2) is 54.6 Å². The largest absolute Gasteiger partial charge is 0.314 e. The molecular weight excluding hydrogens is 254 g/mol. The molecule has 2 nitrogen and oxygen atoms in total. The molecule has 3 heteroatoms. The van der Waals surface area contributed by atoms with Crippen molar-refractivity contribution in [2.45, 2.75) is 5.25 Å². The van der Waals surface area contributed by atoms with E-state index in [0.717, 1.165) is 5.69 Å². The fourth-order valence-electron chi connectivity index (χ4n) is 2.39. The average molecular weight is 269 g/mol. The van der Waals surface area contributed by atoms with E-state index in [9.17, 15) is 4.79 Å². The van der Waals surface area contributed by atoms with Crippen molar-refractivity contribution in [2.24, 2.45) is 0 Å². The number of benzene rings is 2. The van der Waals surface area contributed by atoms with Crippen LogP contribution in [0.25, 0.3) is 0 Å². The lowest BCUT2D eigenvalue weighted by atomic mass is 10.0. The second kappa shape index (κ2) is 5.10. The Balaban J connectivity index is 2.12. The number of thioether (sulfide) groups is 1. The lowest BCUT2D eigenvalue weighted by molar-refractivity contribution is -0.115. The van der Waals surface area contributed by atoms with Gasteiger partial charge in [-0.1, -0.05) is 48.5 Å². The molecule has 3 rings (SSSR count). The number of amides is 1. The topological polar surface area (TPSA) is 20.3 Å². The minimum Gasteiger partial charge on any atom is -0.314 e. The van der Waals surface area contributed by atoms with E-state index in [2.05, 4.69) is 30.3 Å². The van der Waals surface area contributed by atoms with Crippen molar-refractivity contribution in [2.75, 3.05) is 17.7 Å². The summed E-state index contributed by atoms with van der Waals surface area (Å²) in [6.07, 6.45) is 0. The first-order valence-electron chi connectivity index (χ1n) is 6.29. The fraction of sp³-hybridized carbons (Fsp3) is 0.188. The molecule has 0 fully saturated rings. The summed E-state index contributed by atoms with van der Waals surface area (Å²) in [7, 11) is 1.86. The molecule has 1 unspecified atom stereocenters. The summed E-state index contributed by atoms with van der Waals surface area (Å²) in [5, 5.41) is 0.228. The first kappa shape index (κ1) is 12.3. The van der Waals surface area contributed by atoms with Gasteiger partial charge in [0.1, 0.15) is 0 Å². The number of hydrogen-bond donors (Lipinski definition) is 0. The third-order valence-electron chi connectivity index (χ3n) is 3.43. The lowest BCUT2D eigenvalue weighted by Crippen LogP contribution is -2.27. The highest BCUT2D eigenvalue weighted by molar-refractivity contribution is 8.00. The number of hydrogen-bond acceptors (Lipinski definition) is 2. The summed E-state index contributed by atoms with van der Waals surface area (Å²) < 4.78 is 0. The van der Waals surface area contributed by atoms with E-state index in [1.165, 1.54) is 11.1 Å². The number of para-hydroxylation sites is 1. The second-order valence-corrected chi connectivity index (χ2v) is 5.71. The van der Waals surface area contributed by atoms with Crippen LogP contribution in [0.2, 0.25) is 0 Å². The summed E-state index contributed by atoms with van der Waals surface area (Å²) in [6.45, 7) is 0. The second-order valence-electron chi connectivity index (χ2n) is 4.61. The molecule has 0 aromatic heterocycles. The number of nitrogens with zero attached hydrogens (tertiary/aromatic N) is 1. The molecule has 2 aromatic rings. The molecule has 0 N–H and O–H groups in total. The summed E-state index contributed by atoms with van der Waals surface area (Å²) >= 11 is 1.70. The molecule has 19 heavy (non-hydrogen) atoms. The van der Waals surface area contributed by atoms with Gasteiger partial charge in [-0.3, -0.25) is 4.79 Å². The van der Waals surface area contributed by atoms with E-state index in [-0.39, 0.29) is 11.2 Å². The molecule has 1 aliphatic rings. The van der Waals surface area contributed by atoms with Gasteiger partial charge in [-0.25, -0.2) is 0 Å². The van der Waals surface area contributed by atoms with Crippen molar-refractivity contribution < 1.29 is 4.79 Å². The summed E-state index contributed by atoms with van der Waals surface area (Å²) in [4.78, 5) is 13.8. The van der Waals surface area contributed by atoms with Crippen LogP contribution in [0.4, 0.5) is 5.69 Å². The molecule has 96 valence electrons. The Bertz CT molecular complexity index is 597. The minimum absolute atomic E-state index is 0.163. The van der Waals surface area contributed by atoms with E-state index in [4.69, 9.17) is 0 Å². The Labute approximate surface area is 117 Å². The van der Waals surface area contributed by atoms with Crippen LogP contribution in [-0.4, -0.2) is 18.7 Å². The van der Waals surface area contributed by atoms with E-state index < -0.39 is 0 Å². The summed E-state index contributed by atoms with van der Waals surface area (Å²) in [6, 6.07) is 18.6. The maximum atomic E-state index is 12.1. The SMILES string of the molecule is CN1C(=O)CSC(c2ccccc2)c2ccccc21. The number of anilines is 1. The molecule has 1 aliphatic heterocycles. The third-order valence-corrected chi connectivity index (χ3v) is 4.70. The van der Waals surface area contributed by atoms with E-state index in [1.54, 1.807) is 16.7 Å². The van der Waals surface area contributed by atoms with Crippen molar-refractivity contribution in [1.29, 1.82) is 0 Å². The maximum absolute atomic E-state index is 12.1. The minimum atomic E-state index is 0.163. The highest BCUT2D eigenvalue weighted by Crippen LogP contribution is 2.42. The summed E-state index contributed by atoms with van der Waals surface area (Å²) in [5.41, 5.74) is 3.49. The van der Waals surface area contributed by atoms with Gasteiger partial charge in [0.05, 0.1) is 11.0 Å². The zero-order valence-corrected chi connectivity index (χ0v) is 11.6. The van der Waals surface area contributed by atoms with Crippen molar-refractivity contribution in [1.82, 2.24) is 0 Å². The molecule has 1 amide bonds. The Morgan fingerprint density at radius 3 is 2.53 bits per heavy atom. The van der Waals surface area contributed by atoms with Crippen LogP contribution in [0.1, 0.15) is 16.4 Å². The van der Waals surface area contributed by atoms with Crippen LogP contribution in [0.5, 0.6) is 0 Å². The molecule has 1 heterocycles. The number of carbonyl (C=O) groups excluding carboxylic acids is 1. The number of rotatable bonds is 1. The predicted molar refractivity (Wildman–Crippen MR) is 80.6 cm³/mol. The highest BCUT2D eigenvalue weighted by Gasteiger charge is 2.26. The summed E-state index contributed by atoms with van der Waals surface area (Å²) in [5.74, 6) is 0.681. The van der Waals surface area contributed by atoms with E-state index in [0.29, 0.717) is 5.75 Å². The Kier molecular flexibility index (Phi) is 3.30. The fourth-order valence-corrected chi connectivity index (χ4v) is 3.63. The highest BCUT2D eigenvalue weighted by atomic mass is 32.2. The van der Waals surface area contributed by atoms with Crippen molar-refractivity contribution in [3.63, 3.8) is 0 Å². The molecule has 0 radical (unpaired) electrons. The first-order valence-corrected chi connectivity index (χ1v) is 7.34. The maximum Gasteiger partial charge on any atom is 0.236 e. The van der Waals surface area contributed by atoms with Crippen molar-refractivity contribution in [3.05, 3.63) is 65.7 Å². The van der Waals surface area contributed by atoms with E-state index in [1.807, 2.05) is 31.3 Å². The van der Waals surface area contributed by atoms with Crippen molar-refractivity contribution >= 4 is 23.4 Å². The Morgan fingerprint density at radius 1 is 1.05 bits per heavy atom. The van der Waals surface area contributed by atoms with Crippen LogP contribution in [0.3, 0.4) is 0 Å². The normalized spacial score (nSPS) is 18.9. The van der Waals surface area contributed by atoms with Gasteiger partial charge in [0.15, 0.2) is 0 Å². The van der Waals surface area contributed by atoms with E-state index >= 15 is 0 Å². The van der Waals surface area contributed by atoms with Gasteiger partial charge in [0.25, 0.3) is 0 Å². The van der Waals surface area contributed by atoms with Crippen LogP contribution < -0.4 is 4.90 Å². The van der Waals surface area contributed by atoms with Gasteiger partial charge in [0, 0.05) is 12.7 Å². The standard InChI is InChI=1S/C16H15NOS/c1-17-14-10-6-5-9-13(14)16(19-11-15(17)18)12-7-3-2-4-8-12/h2-10,16H,11H2,1H3. The zero-order chi connectivity index (χ0) is 13.2. The monoisotopic (exact) mass is 269 g/mol. The van der Waals surface area contributed by atoms with Gasteiger partial charge >= 0.3 is 0 Å².